The molecule has 0 unspecified atom stereocenters. The van der Waals surface area contributed by atoms with E-state index < -0.39 is 4.92 Å². The standard InChI is InChI=1S/C11H6N4O3S/c16-15(17)9-4-3-8(19-9)11-14-13-10(18-11)7-2-1-5-12-6-7/h1-6H. The number of hydrogen-bond acceptors (Lipinski definition) is 7. The van der Waals surface area contributed by atoms with Crippen LogP contribution >= 0.6 is 11.3 Å². The molecular formula is C11H6N4O3S. The number of aromatic nitrogens is 3. The Morgan fingerprint density at radius 3 is 2.74 bits per heavy atom. The molecule has 0 aliphatic carbocycles. The molecule has 0 N–H and O–H groups in total. The highest BCUT2D eigenvalue weighted by molar-refractivity contribution is 7.18. The molecule has 0 aromatic carbocycles. The van der Waals surface area contributed by atoms with E-state index in [1.165, 1.54) is 6.07 Å². The number of pyridine rings is 1. The van der Waals surface area contributed by atoms with Crippen LogP contribution in [0.2, 0.25) is 0 Å². The van der Waals surface area contributed by atoms with E-state index in [0.717, 1.165) is 11.3 Å². The third-order valence-electron chi connectivity index (χ3n) is 2.32. The van der Waals surface area contributed by atoms with E-state index >= 15 is 0 Å². The first-order valence-electron chi connectivity index (χ1n) is 5.22. The Balaban J connectivity index is 1.94. The zero-order chi connectivity index (χ0) is 13.2. The summed E-state index contributed by atoms with van der Waals surface area (Å²) in [6, 6.07) is 6.55. The van der Waals surface area contributed by atoms with Gasteiger partial charge < -0.3 is 4.42 Å². The van der Waals surface area contributed by atoms with Crippen molar-refractivity contribution in [3.63, 3.8) is 0 Å². The zero-order valence-electron chi connectivity index (χ0n) is 9.39. The maximum absolute atomic E-state index is 10.6. The largest absolute Gasteiger partial charge is 0.415 e. The van der Waals surface area contributed by atoms with Gasteiger partial charge in [-0.2, -0.15) is 0 Å². The highest BCUT2D eigenvalue weighted by Crippen LogP contribution is 2.32. The fraction of sp³-hybridized carbons (Fsp3) is 0. The number of nitrogens with zero attached hydrogens (tertiary/aromatic N) is 4. The second kappa shape index (κ2) is 4.58. The highest BCUT2D eigenvalue weighted by atomic mass is 32.1. The fourth-order valence-electron chi connectivity index (χ4n) is 1.47. The molecule has 19 heavy (non-hydrogen) atoms. The van der Waals surface area contributed by atoms with Gasteiger partial charge in [-0.15, -0.1) is 10.2 Å². The van der Waals surface area contributed by atoms with Crippen LogP contribution in [0.4, 0.5) is 5.00 Å². The summed E-state index contributed by atoms with van der Waals surface area (Å²) in [4.78, 5) is 14.7. The van der Waals surface area contributed by atoms with Crippen molar-refractivity contribution in [2.24, 2.45) is 0 Å². The van der Waals surface area contributed by atoms with Crippen LogP contribution in [0.3, 0.4) is 0 Å². The average molecular weight is 274 g/mol. The quantitative estimate of drug-likeness (QED) is 0.538. The molecule has 0 saturated carbocycles. The first kappa shape index (κ1) is 11.5. The lowest BCUT2D eigenvalue weighted by Crippen LogP contribution is -1.80. The van der Waals surface area contributed by atoms with Gasteiger partial charge in [0.05, 0.1) is 15.4 Å². The molecule has 0 bridgehead atoms. The topological polar surface area (TPSA) is 95.0 Å². The highest BCUT2D eigenvalue weighted by Gasteiger charge is 2.16. The molecule has 0 fully saturated rings. The van der Waals surface area contributed by atoms with Crippen molar-refractivity contribution in [3.8, 4) is 22.2 Å². The first-order valence-corrected chi connectivity index (χ1v) is 6.04. The van der Waals surface area contributed by atoms with Gasteiger partial charge in [-0.3, -0.25) is 15.1 Å². The average Bonchev–Trinajstić information content (AvgIpc) is 3.09. The van der Waals surface area contributed by atoms with Crippen molar-refractivity contribution in [2.45, 2.75) is 0 Å². The summed E-state index contributed by atoms with van der Waals surface area (Å²) in [5.74, 6) is 0.594. The molecule has 0 aliphatic rings. The summed E-state index contributed by atoms with van der Waals surface area (Å²) in [7, 11) is 0. The van der Waals surface area contributed by atoms with Crippen molar-refractivity contribution >= 4 is 16.3 Å². The molecule has 0 aliphatic heterocycles. The third-order valence-corrected chi connectivity index (χ3v) is 3.34. The molecule has 3 aromatic heterocycles. The van der Waals surface area contributed by atoms with Gasteiger partial charge in [-0.05, 0) is 18.2 Å². The van der Waals surface area contributed by atoms with Gasteiger partial charge in [0.15, 0.2) is 0 Å². The Labute approximate surface area is 110 Å². The first-order chi connectivity index (χ1) is 9.24. The zero-order valence-corrected chi connectivity index (χ0v) is 10.2. The second-order valence-electron chi connectivity index (χ2n) is 3.55. The van der Waals surface area contributed by atoms with E-state index in [-0.39, 0.29) is 10.9 Å². The number of hydrogen-bond donors (Lipinski definition) is 0. The summed E-state index contributed by atoms with van der Waals surface area (Å²) < 4.78 is 5.47. The van der Waals surface area contributed by atoms with E-state index in [9.17, 15) is 10.1 Å². The molecule has 3 heterocycles. The summed E-state index contributed by atoms with van der Waals surface area (Å²) in [5.41, 5.74) is 0.701. The van der Waals surface area contributed by atoms with Crippen LogP contribution < -0.4 is 0 Å². The van der Waals surface area contributed by atoms with Crippen molar-refractivity contribution in [1.82, 2.24) is 15.2 Å². The third kappa shape index (κ3) is 2.20. The molecule has 0 amide bonds. The lowest BCUT2D eigenvalue weighted by molar-refractivity contribution is -0.380. The van der Waals surface area contributed by atoms with Gasteiger partial charge in [0.25, 0.3) is 5.89 Å². The Morgan fingerprint density at radius 2 is 2.05 bits per heavy atom. The molecule has 8 heteroatoms. The minimum absolute atomic E-state index is 0.0381. The lowest BCUT2D eigenvalue weighted by atomic mass is 10.3. The summed E-state index contributed by atoms with van der Waals surface area (Å²) in [6.07, 6.45) is 3.25. The Hall–Kier alpha value is -2.61. The molecule has 7 nitrogen and oxygen atoms in total. The van der Waals surface area contributed by atoms with Crippen LogP contribution in [0.5, 0.6) is 0 Å². The smallest absolute Gasteiger partial charge is 0.324 e. The lowest BCUT2D eigenvalue weighted by Gasteiger charge is -1.90. The van der Waals surface area contributed by atoms with Crippen LogP contribution in [-0.4, -0.2) is 20.1 Å². The van der Waals surface area contributed by atoms with E-state index in [4.69, 9.17) is 4.42 Å². The van der Waals surface area contributed by atoms with E-state index in [0.29, 0.717) is 16.3 Å². The molecule has 3 aromatic rings. The van der Waals surface area contributed by atoms with Gasteiger partial charge in [0.2, 0.25) is 5.89 Å². The molecule has 94 valence electrons. The predicted octanol–water partition coefficient (Wildman–Crippen LogP) is 2.77. The van der Waals surface area contributed by atoms with Gasteiger partial charge in [-0.25, -0.2) is 0 Å². The van der Waals surface area contributed by atoms with Crippen LogP contribution in [-0.2, 0) is 0 Å². The summed E-state index contributed by atoms with van der Waals surface area (Å²) in [6.45, 7) is 0. The molecule has 3 rings (SSSR count). The number of nitro groups is 1. The van der Waals surface area contributed by atoms with Gasteiger partial charge in [-0.1, -0.05) is 11.3 Å². The SMILES string of the molecule is O=[N+]([O-])c1ccc(-c2nnc(-c3cccnc3)o2)s1. The monoisotopic (exact) mass is 274 g/mol. The van der Waals surface area contributed by atoms with Crippen molar-refractivity contribution in [2.75, 3.05) is 0 Å². The Bertz CT molecular complexity index is 722. The normalized spacial score (nSPS) is 10.5. The van der Waals surface area contributed by atoms with Crippen molar-refractivity contribution < 1.29 is 9.34 Å². The molecule has 0 spiro atoms. The summed E-state index contributed by atoms with van der Waals surface area (Å²) in [5, 5.41) is 18.4. The molecule has 0 atom stereocenters. The van der Waals surface area contributed by atoms with Crippen LogP contribution in [0.15, 0.2) is 41.1 Å². The minimum atomic E-state index is -0.452. The van der Waals surface area contributed by atoms with Gasteiger partial charge >= 0.3 is 5.00 Å². The molecule has 0 saturated heterocycles. The van der Waals surface area contributed by atoms with E-state index in [1.807, 2.05) is 0 Å². The van der Waals surface area contributed by atoms with E-state index in [2.05, 4.69) is 15.2 Å². The van der Waals surface area contributed by atoms with Crippen LogP contribution in [0.25, 0.3) is 22.2 Å². The van der Waals surface area contributed by atoms with Crippen LogP contribution in [0.1, 0.15) is 0 Å². The maximum Gasteiger partial charge on any atom is 0.324 e. The van der Waals surface area contributed by atoms with Crippen molar-refractivity contribution in [1.29, 1.82) is 0 Å². The van der Waals surface area contributed by atoms with Gasteiger partial charge in [0.1, 0.15) is 0 Å². The summed E-state index contributed by atoms with van der Waals surface area (Å²) >= 11 is 0.992. The number of thiophene rings is 1. The number of rotatable bonds is 3. The van der Waals surface area contributed by atoms with E-state index in [1.54, 1.807) is 30.6 Å². The minimum Gasteiger partial charge on any atom is -0.415 e. The van der Waals surface area contributed by atoms with Crippen LogP contribution in [0, 0.1) is 10.1 Å². The van der Waals surface area contributed by atoms with Gasteiger partial charge in [0, 0.05) is 18.5 Å². The molecular weight excluding hydrogens is 268 g/mol. The Kier molecular flexibility index (Phi) is 2.76. The Morgan fingerprint density at radius 1 is 1.21 bits per heavy atom. The fourth-order valence-corrected chi connectivity index (χ4v) is 2.21. The van der Waals surface area contributed by atoms with Crippen molar-refractivity contribution in [3.05, 3.63) is 46.8 Å². The second-order valence-corrected chi connectivity index (χ2v) is 4.61. The molecule has 0 radical (unpaired) electrons. The maximum atomic E-state index is 10.6. The predicted molar refractivity (Wildman–Crippen MR) is 67.5 cm³/mol.